The van der Waals surface area contributed by atoms with Crippen LogP contribution in [0, 0.1) is 5.92 Å². The third kappa shape index (κ3) is 4.94. The van der Waals surface area contributed by atoms with E-state index in [1.165, 1.54) is 0 Å². The van der Waals surface area contributed by atoms with Gasteiger partial charge in [-0.1, -0.05) is 6.92 Å². The fourth-order valence-corrected chi connectivity index (χ4v) is 2.06. The van der Waals surface area contributed by atoms with E-state index in [1.54, 1.807) is 0 Å². The van der Waals surface area contributed by atoms with Gasteiger partial charge >= 0.3 is 12.0 Å². The standard InChI is InChI=1S/C13H24N2O3/c1-10-5-8-15(9-6-10)12(18)14-13(2,3)7-4-11(16)17/h10H,4-9H2,1-3H3,(H,14,18)(H,16,17). The van der Waals surface area contributed by atoms with E-state index < -0.39 is 11.5 Å². The number of likely N-dealkylation sites (tertiary alicyclic amines) is 1. The molecule has 2 N–H and O–H groups in total. The molecule has 1 saturated heterocycles. The van der Waals surface area contributed by atoms with Crippen molar-refractivity contribution in [3.8, 4) is 0 Å². The topological polar surface area (TPSA) is 69.6 Å². The SMILES string of the molecule is CC1CCN(C(=O)NC(C)(C)CCC(=O)O)CC1. The normalized spacial score (nSPS) is 17.6. The number of hydrogen-bond acceptors (Lipinski definition) is 2. The molecule has 5 heteroatoms. The third-order valence-electron chi connectivity index (χ3n) is 3.48. The monoisotopic (exact) mass is 256 g/mol. The summed E-state index contributed by atoms with van der Waals surface area (Å²) in [4.78, 5) is 24.4. The number of piperidine rings is 1. The second-order valence-electron chi connectivity index (χ2n) is 5.88. The maximum Gasteiger partial charge on any atom is 0.317 e. The van der Waals surface area contributed by atoms with Crippen LogP contribution in [0.25, 0.3) is 0 Å². The van der Waals surface area contributed by atoms with Gasteiger partial charge in [0.2, 0.25) is 0 Å². The maximum absolute atomic E-state index is 12.0. The molecular weight excluding hydrogens is 232 g/mol. The summed E-state index contributed by atoms with van der Waals surface area (Å²) in [6.07, 6.45) is 2.61. The van der Waals surface area contributed by atoms with Crippen LogP contribution < -0.4 is 5.32 Å². The summed E-state index contributed by atoms with van der Waals surface area (Å²) in [5.41, 5.74) is -0.474. The minimum atomic E-state index is -0.830. The van der Waals surface area contributed by atoms with Crippen LogP contribution in [0.1, 0.15) is 46.5 Å². The van der Waals surface area contributed by atoms with Crippen LogP contribution in [0.5, 0.6) is 0 Å². The highest BCUT2D eigenvalue weighted by atomic mass is 16.4. The smallest absolute Gasteiger partial charge is 0.317 e. The second-order valence-corrected chi connectivity index (χ2v) is 5.88. The van der Waals surface area contributed by atoms with Crippen molar-refractivity contribution < 1.29 is 14.7 Å². The number of hydrogen-bond donors (Lipinski definition) is 2. The molecule has 0 unspecified atom stereocenters. The molecule has 1 heterocycles. The molecule has 104 valence electrons. The van der Waals surface area contributed by atoms with E-state index >= 15 is 0 Å². The van der Waals surface area contributed by atoms with Crippen LogP contribution in [0.3, 0.4) is 0 Å². The minimum absolute atomic E-state index is 0.0720. The molecule has 0 radical (unpaired) electrons. The predicted molar refractivity (Wildman–Crippen MR) is 69.5 cm³/mol. The van der Waals surface area contributed by atoms with Crippen molar-refractivity contribution in [1.82, 2.24) is 10.2 Å². The molecule has 0 aromatic carbocycles. The molecule has 1 rings (SSSR count). The van der Waals surface area contributed by atoms with Gasteiger partial charge in [-0.3, -0.25) is 4.79 Å². The first kappa shape index (κ1) is 14.8. The lowest BCUT2D eigenvalue weighted by Gasteiger charge is -2.34. The van der Waals surface area contributed by atoms with E-state index in [0.717, 1.165) is 25.9 Å². The second kappa shape index (κ2) is 6.07. The Labute approximate surface area is 109 Å². The first-order valence-electron chi connectivity index (χ1n) is 6.59. The zero-order valence-electron chi connectivity index (χ0n) is 11.5. The van der Waals surface area contributed by atoms with Crippen LogP contribution in [0.15, 0.2) is 0 Å². The summed E-state index contributed by atoms with van der Waals surface area (Å²) in [7, 11) is 0. The number of rotatable bonds is 4. The Morgan fingerprint density at radius 1 is 1.33 bits per heavy atom. The number of aliphatic carboxylic acids is 1. The van der Waals surface area contributed by atoms with E-state index in [0.29, 0.717) is 12.3 Å². The van der Waals surface area contributed by atoms with Crippen molar-refractivity contribution in [2.24, 2.45) is 5.92 Å². The van der Waals surface area contributed by atoms with Crippen molar-refractivity contribution in [3.05, 3.63) is 0 Å². The van der Waals surface area contributed by atoms with Gasteiger partial charge in [-0.2, -0.15) is 0 Å². The molecule has 1 fully saturated rings. The summed E-state index contributed by atoms with van der Waals surface area (Å²) in [5.74, 6) is -0.141. The Kier molecular flexibility index (Phi) is 4.99. The van der Waals surface area contributed by atoms with Gasteiger partial charge in [-0.15, -0.1) is 0 Å². The fourth-order valence-electron chi connectivity index (χ4n) is 2.06. The lowest BCUT2D eigenvalue weighted by Crippen LogP contribution is -2.52. The van der Waals surface area contributed by atoms with Crippen LogP contribution >= 0.6 is 0 Å². The number of carboxylic acid groups (broad SMARTS) is 1. The highest BCUT2D eigenvalue weighted by Crippen LogP contribution is 2.17. The summed E-state index contributed by atoms with van der Waals surface area (Å²) in [6, 6.07) is -0.0720. The largest absolute Gasteiger partial charge is 0.481 e. The van der Waals surface area contributed by atoms with Gasteiger partial charge in [0, 0.05) is 25.0 Å². The van der Waals surface area contributed by atoms with Crippen LogP contribution in [0.2, 0.25) is 0 Å². The number of carboxylic acids is 1. The molecule has 0 aliphatic carbocycles. The highest BCUT2D eigenvalue weighted by Gasteiger charge is 2.26. The zero-order valence-corrected chi connectivity index (χ0v) is 11.5. The molecule has 0 aromatic rings. The summed E-state index contributed by atoms with van der Waals surface area (Å²) >= 11 is 0. The Bertz CT molecular complexity index is 307. The van der Waals surface area contributed by atoms with E-state index in [2.05, 4.69) is 12.2 Å². The van der Waals surface area contributed by atoms with Gasteiger partial charge in [0.25, 0.3) is 0 Å². The van der Waals surface area contributed by atoms with Crippen molar-refractivity contribution in [3.63, 3.8) is 0 Å². The molecule has 1 aliphatic heterocycles. The Morgan fingerprint density at radius 3 is 2.39 bits per heavy atom. The molecule has 5 nitrogen and oxygen atoms in total. The molecule has 0 bridgehead atoms. The number of carbonyl (C=O) groups is 2. The average Bonchev–Trinajstić information content (AvgIpc) is 2.27. The molecule has 1 aliphatic rings. The van der Waals surface area contributed by atoms with Gasteiger partial charge in [-0.05, 0) is 39.0 Å². The Hall–Kier alpha value is -1.26. The average molecular weight is 256 g/mol. The fraction of sp³-hybridized carbons (Fsp3) is 0.846. The molecule has 18 heavy (non-hydrogen) atoms. The van der Waals surface area contributed by atoms with Gasteiger partial charge in [0.05, 0.1) is 0 Å². The maximum atomic E-state index is 12.0. The zero-order chi connectivity index (χ0) is 13.8. The number of amides is 2. The molecule has 0 aromatic heterocycles. The molecule has 0 spiro atoms. The highest BCUT2D eigenvalue weighted by molar-refractivity contribution is 5.75. The van der Waals surface area contributed by atoms with Crippen LogP contribution in [-0.4, -0.2) is 40.6 Å². The van der Waals surface area contributed by atoms with E-state index in [-0.39, 0.29) is 12.5 Å². The lowest BCUT2D eigenvalue weighted by atomic mass is 9.97. The molecular formula is C13H24N2O3. The molecule has 0 atom stereocenters. The van der Waals surface area contributed by atoms with Gasteiger partial charge in [0.1, 0.15) is 0 Å². The van der Waals surface area contributed by atoms with Crippen molar-refractivity contribution in [2.45, 2.75) is 52.0 Å². The third-order valence-corrected chi connectivity index (χ3v) is 3.48. The first-order chi connectivity index (χ1) is 8.30. The summed E-state index contributed by atoms with van der Waals surface area (Å²) < 4.78 is 0. The predicted octanol–water partition coefficient (Wildman–Crippen LogP) is 2.07. The van der Waals surface area contributed by atoms with Gasteiger partial charge < -0.3 is 15.3 Å². The Balaban J connectivity index is 2.40. The van der Waals surface area contributed by atoms with Crippen molar-refractivity contribution in [2.75, 3.05) is 13.1 Å². The quantitative estimate of drug-likeness (QED) is 0.809. The Morgan fingerprint density at radius 2 is 1.89 bits per heavy atom. The number of carbonyl (C=O) groups excluding carboxylic acids is 1. The lowest BCUT2D eigenvalue weighted by molar-refractivity contribution is -0.137. The summed E-state index contributed by atoms with van der Waals surface area (Å²) in [5, 5.41) is 11.6. The minimum Gasteiger partial charge on any atom is -0.481 e. The first-order valence-corrected chi connectivity index (χ1v) is 6.59. The van der Waals surface area contributed by atoms with Crippen molar-refractivity contribution >= 4 is 12.0 Å². The van der Waals surface area contributed by atoms with Crippen LogP contribution in [-0.2, 0) is 4.79 Å². The van der Waals surface area contributed by atoms with Crippen LogP contribution in [0.4, 0.5) is 4.79 Å². The van der Waals surface area contributed by atoms with Gasteiger partial charge in [0.15, 0.2) is 0 Å². The van der Waals surface area contributed by atoms with E-state index in [4.69, 9.17) is 5.11 Å². The number of urea groups is 1. The van der Waals surface area contributed by atoms with E-state index in [1.807, 2.05) is 18.7 Å². The molecule has 2 amide bonds. The summed E-state index contributed by atoms with van der Waals surface area (Å²) in [6.45, 7) is 7.51. The van der Waals surface area contributed by atoms with Gasteiger partial charge in [-0.25, -0.2) is 4.79 Å². The number of nitrogens with zero attached hydrogens (tertiary/aromatic N) is 1. The number of nitrogens with one attached hydrogen (secondary N) is 1. The van der Waals surface area contributed by atoms with Crippen molar-refractivity contribution in [1.29, 1.82) is 0 Å². The molecule has 0 saturated carbocycles. The van der Waals surface area contributed by atoms with E-state index in [9.17, 15) is 9.59 Å².